The van der Waals surface area contributed by atoms with Crippen LogP contribution in [0.5, 0.6) is 0 Å². The second-order valence-corrected chi connectivity index (χ2v) is 7.56. The van der Waals surface area contributed by atoms with Gasteiger partial charge in [-0.3, -0.25) is 4.79 Å². The van der Waals surface area contributed by atoms with Gasteiger partial charge in [-0.2, -0.15) is 4.98 Å². The zero-order chi connectivity index (χ0) is 19.9. The molecule has 1 saturated heterocycles. The Balaban J connectivity index is 1.27. The van der Waals surface area contributed by atoms with E-state index in [-0.39, 0.29) is 5.91 Å². The maximum Gasteiger partial charge on any atom is 0.227 e. The smallest absolute Gasteiger partial charge is 0.227 e. The molecule has 0 radical (unpaired) electrons. The Hall–Kier alpha value is -2.99. The van der Waals surface area contributed by atoms with Crippen molar-refractivity contribution in [3.05, 3.63) is 71.6 Å². The fourth-order valence-corrected chi connectivity index (χ4v) is 3.79. The van der Waals surface area contributed by atoms with Gasteiger partial charge in [-0.1, -0.05) is 59.8 Å². The number of nitrogens with one attached hydrogen (secondary N) is 2. The molecule has 1 fully saturated rings. The summed E-state index contributed by atoms with van der Waals surface area (Å²) in [5.74, 6) is 1.03. The Morgan fingerprint density at radius 3 is 2.52 bits per heavy atom. The number of hydrogen-bond donors (Lipinski definition) is 2. The molecule has 150 valence electrons. The molecular weight excluding hydrogens is 364 g/mol. The van der Waals surface area contributed by atoms with Crippen LogP contribution in [-0.4, -0.2) is 29.1 Å². The van der Waals surface area contributed by atoms with E-state index < -0.39 is 0 Å². The second kappa shape index (κ2) is 9.47. The summed E-state index contributed by atoms with van der Waals surface area (Å²) in [5, 5.41) is 7.03. The molecule has 0 aliphatic carbocycles. The number of aromatic nitrogens is 2. The first kappa shape index (κ1) is 19.3. The molecule has 1 amide bonds. The number of amides is 1. The van der Waals surface area contributed by atoms with Crippen LogP contribution in [0.2, 0.25) is 0 Å². The SMILES string of the molecule is O=C(CCc1nc(-c2ccccc2)no1)NCc1ccccc1C[NH+]1CCCC1. The van der Waals surface area contributed by atoms with Gasteiger partial charge in [-0.25, -0.2) is 0 Å². The highest BCUT2D eigenvalue weighted by molar-refractivity contribution is 5.76. The van der Waals surface area contributed by atoms with Gasteiger partial charge in [0.1, 0.15) is 6.54 Å². The zero-order valence-corrected chi connectivity index (χ0v) is 16.6. The molecule has 0 atom stereocenters. The van der Waals surface area contributed by atoms with Crippen molar-refractivity contribution in [1.29, 1.82) is 0 Å². The van der Waals surface area contributed by atoms with E-state index in [1.807, 2.05) is 36.4 Å². The lowest BCUT2D eigenvalue weighted by atomic mass is 10.1. The molecule has 6 heteroatoms. The topological polar surface area (TPSA) is 72.5 Å². The van der Waals surface area contributed by atoms with Gasteiger partial charge in [0.15, 0.2) is 0 Å². The van der Waals surface area contributed by atoms with Crippen LogP contribution < -0.4 is 10.2 Å². The van der Waals surface area contributed by atoms with E-state index in [2.05, 4.69) is 33.7 Å². The van der Waals surface area contributed by atoms with Crippen molar-refractivity contribution in [3.63, 3.8) is 0 Å². The minimum atomic E-state index is -0.00668. The van der Waals surface area contributed by atoms with E-state index in [0.29, 0.717) is 31.1 Å². The second-order valence-electron chi connectivity index (χ2n) is 7.56. The minimum absolute atomic E-state index is 0.00668. The summed E-state index contributed by atoms with van der Waals surface area (Å²) in [6.07, 6.45) is 3.40. The maximum atomic E-state index is 12.3. The number of hydrogen-bond acceptors (Lipinski definition) is 4. The molecular formula is C23H27N4O2+. The highest BCUT2D eigenvalue weighted by Crippen LogP contribution is 2.15. The summed E-state index contributed by atoms with van der Waals surface area (Å²) in [6, 6.07) is 18.1. The molecule has 0 unspecified atom stereocenters. The van der Waals surface area contributed by atoms with E-state index in [1.165, 1.54) is 37.1 Å². The highest BCUT2D eigenvalue weighted by Gasteiger charge is 2.17. The molecule has 1 aliphatic heterocycles. The number of likely N-dealkylation sites (tertiary alicyclic amines) is 1. The molecule has 0 saturated carbocycles. The van der Waals surface area contributed by atoms with E-state index in [4.69, 9.17) is 4.52 Å². The van der Waals surface area contributed by atoms with Crippen molar-refractivity contribution in [2.75, 3.05) is 13.1 Å². The average molecular weight is 391 g/mol. The van der Waals surface area contributed by atoms with Crippen LogP contribution in [0.4, 0.5) is 0 Å². The third-order valence-electron chi connectivity index (χ3n) is 5.41. The molecule has 0 bridgehead atoms. The van der Waals surface area contributed by atoms with E-state index in [9.17, 15) is 4.79 Å². The number of aryl methyl sites for hydroxylation is 1. The number of quaternary nitrogens is 1. The molecule has 6 nitrogen and oxygen atoms in total. The van der Waals surface area contributed by atoms with Crippen molar-refractivity contribution < 1.29 is 14.2 Å². The Morgan fingerprint density at radius 1 is 1.00 bits per heavy atom. The van der Waals surface area contributed by atoms with Crippen LogP contribution >= 0.6 is 0 Å². The lowest BCUT2D eigenvalue weighted by Gasteiger charge is -2.15. The van der Waals surface area contributed by atoms with Gasteiger partial charge in [0.05, 0.1) is 13.1 Å². The normalized spacial score (nSPS) is 14.2. The minimum Gasteiger partial charge on any atom is -0.352 e. The third-order valence-corrected chi connectivity index (χ3v) is 5.41. The van der Waals surface area contributed by atoms with Crippen molar-refractivity contribution in [2.45, 2.75) is 38.8 Å². The monoisotopic (exact) mass is 391 g/mol. The first-order chi connectivity index (χ1) is 14.3. The summed E-state index contributed by atoms with van der Waals surface area (Å²) in [5.41, 5.74) is 3.43. The lowest BCUT2D eigenvalue weighted by molar-refractivity contribution is -0.901. The lowest BCUT2D eigenvalue weighted by Crippen LogP contribution is -3.08. The van der Waals surface area contributed by atoms with Crippen LogP contribution in [0.25, 0.3) is 11.4 Å². The van der Waals surface area contributed by atoms with Crippen LogP contribution in [0.3, 0.4) is 0 Å². The maximum absolute atomic E-state index is 12.3. The predicted molar refractivity (Wildman–Crippen MR) is 110 cm³/mol. The number of rotatable bonds is 8. The number of carbonyl (C=O) groups excluding carboxylic acids is 1. The van der Waals surface area contributed by atoms with Crippen LogP contribution in [0.15, 0.2) is 59.1 Å². The first-order valence-corrected chi connectivity index (χ1v) is 10.3. The first-order valence-electron chi connectivity index (χ1n) is 10.3. The largest absolute Gasteiger partial charge is 0.352 e. The fourth-order valence-electron chi connectivity index (χ4n) is 3.79. The van der Waals surface area contributed by atoms with Crippen molar-refractivity contribution in [3.8, 4) is 11.4 Å². The van der Waals surface area contributed by atoms with Crippen LogP contribution in [-0.2, 0) is 24.3 Å². The Morgan fingerprint density at radius 2 is 1.72 bits per heavy atom. The van der Waals surface area contributed by atoms with Crippen molar-refractivity contribution in [1.82, 2.24) is 15.5 Å². The Bertz CT molecular complexity index is 933. The van der Waals surface area contributed by atoms with Gasteiger partial charge in [0.2, 0.25) is 17.6 Å². The summed E-state index contributed by atoms with van der Waals surface area (Å²) in [6.45, 7) is 4.09. The summed E-state index contributed by atoms with van der Waals surface area (Å²) in [7, 11) is 0. The molecule has 0 spiro atoms. The van der Waals surface area contributed by atoms with Crippen molar-refractivity contribution in [2.24, 2.45) is 0 Å². The van der Waals surface area contributed by atoms with Crippen LogP contribution in [0, 0.1) is 0 Å². The molecule has 2 heterocycles. The van der Waals surface area contributed by atoms with E-state index in [1.54, 1.807) is 4.90 Å². The number of carbonyl (C=O) groups is 1. The van der Waals surface area contributed by atoms with Gasteiger partial charge in [0.25, 0.3) is 0 Å². The summed E-state index contributed by atoms with van der Waals surface area (Å²) >= 11 is 0. The standard InChI is InChI=1S/C23H26N4O2/c28-21(12-13-22-25-23(26-29-22)18-8-2-1-3-9-18)24-16-19-10-4-5-11-20(19)17-27-14-6-7-15-27/h1-5,8-11H,6-7,12-17H2,(H,24,28)/p+1. The molecule has 1 aliphatic rings. The molecule has 2 aromatic carbocycles. The molecule has 2 N–H and O–H groups in total. The summed E-state index contributed by atoms with van der Waals surface area (Å²) in [4.78, 5) is 18.3. The predicted octanol–water partition coefficient (Wildman–Crippen LogP) is 2.16. The molecule has 29 heavy (non-hydrogen) atoms. The average Bonchev–Trinajstić information content (AvgIpc) is 3.44. The highest BCUT2D eigenvalue weighted by atomic mass is 16.5. The van der Waals surface area contributed by atoms with Gasteiger partial charge in [-0.05, 0) is 5.56 Å². The Kier molecular flexibility index (Phi) is 6.32. The van der Waals surface area contributed by atoms with Gasteiger partial charge < -0.3 is 14.7 Å². The molecule has 1 aromatic heterocycles. The van der Waals surface area contributed by atoms with Crippen LogP contribution in [0.1, 0.15) is 36.3 Å². The van der Waals surface area contributed by atoms with Gasteiger partial charge in [-0.15, -0.1) is 0 Å². The number of benzene rings is 2. The van der Waals surface area contributed by atoms with E-state index in [0.717, 1.165) is 12.1 Å². The Labute approximate surface area is 170 Å². The zero-order valence-electron chi connectivity index (χ0n) is 16.6. The quantitative estimate of drug-likeness (QED) is 0.617. The number of nitrogens with zero attached hydrogens (tertiary/aromatic N) is 2. The van der Waals surface area contributed by atoms with Crippen molar-refractivity contribution >= 4 is 5.91 Å². The summed E-state index contributed by atoms with van der Waals surface area (Å²) < 4.78 is 5.28. The van der Waals surface area contributed by atoms with E-state index >= 15 is 0 Å². The molecule has 4 rings (SSSR count). The fraction of sp³-hybridized carbons (Fsp3) is 0.348. The van der Waals surface area contributed by atoms with Gasteiger partial charge >= 0.3 is 0 Å². The molecule has 3 aromatic rings. The van der Waals surface area contributed by atoms with Gasteiger partial charge in [0, 0.05) is 43.4 Å². The third kappa shape index (κ3) is 5.29.